The van der Waals surface area contributed by atoms with Crippen molar-refractivity contribution in [1.82, 2.24) is 0 Å². The minimum Gasteiger partial charge on any atom is -0.490 e. The highest BCUT2D eigenvalue weighted by Gasteiger charge is 2.31. The van der Waals surface area contributed by atoms with Gasteiger partial charge in [-0.15, -0.1) is 0 Å². The first-order chi connectivity index (χ1) is 13.5. The topological polar surface area (TPSA) is 60.4 Å². The van der Waals surface area contributed by atoms with Crippen LogP contribution < -0.4 is 4.74 Å². The lowest BCUT2D eigenvalue weighted by Crippen LogP contribution is -2.30. The molecule has 0 amide bonds. The Morgan fingerprint density at radius 2 is 1.69 bits per heavy atom. The Morgan fingerprint density at radius 1 is 1.03 bits per heavy atom. The summed E-state index contributed by atoms with van der Waals surface area (Å²) in [5, 5.41) is 0. The molecular weight excluding hydrogens is 384 g/mol. The first-order valence-corrected chi connectivity index (χ1v) is 12.6. The standard InChI is InChI=1S/C24H38O4S/c1-18-10-15-23(19(18)2)28-22-13-11-20(12-14-22)17-21(25)9-7-6-8-16-29(26,27)24(3,4)5/h11-14,18-19,23H,6-10,15-17H2,1-5H3. The summed E-state index contributed by atoms with van der Waals surface area (Å²) in [6.45, 7) is 9.74. The molecule has 4 nitrogen and oxygen atoms in total. The monoisotopic (exact) mass is 422 g/mol. The number of ketones is 1. The Morgan fingerprint density at radius 3 is 2.24 bits per heavy atom. The highest BCUT2D eigenvalue weighted by atomic mass is 32.2. The summed E-state index contributed by atoms with van der Waals surface area (Å²) < 4.78 is 29.6. The van der Waals surface area contributed by atoms with Crippen molar-refractivity contribution < 1.29 is 17.9 Å². The van der Waals surface area contributed by atoms with Gasteiger partial charge in [-0.3, -0.25) is 4.79 Å². The lowest BCUT2D eigenvalue weighted by atomic mass is 9.99. The fraction of sp³-hybridized carbons (Fsp3) is 0.708. The van der Waals surface area contributed by atoms with E-state index >= 15 is 0 Å². The molecule has 0 radical (unpaired) electrons. The van der Waals surface area contributed by atoms with Crippen LogP contribution in [0.2, 0.25) is 0 Å². The maximum atomic E-state index is 12.2. The van der Waals surface area contributed by atoms with Crippen LogP contribution in [0.4, 0.5) is 0 Å². The van der Waals surface area contributed by atoms with Crippen LogP contribution in [0, 0.1) is 11.8 Å². The average Bonchev–Trinajstić information content (AvgIpc) is 2.94. The number of ether oxygens (including phenoxy) is 1. The molecule has 0 bridgehead atoms. The van der Waals surface area contributed by atoms with Crippen molar-refractivity contribution in [3.8, 4) is 5.75 Å². The summed E-state index contributed by atoms with van der Waals surface area (Å²) in [6, 6.07) is 7.89. The molecule has 0 aliphatic heterocycles. The molecule has 0 N–H and O–H groups in total. The van der Waals surface area contributed by atoms with Crippen molar-refractivity contribution in [2.45, 2.75) is 90.4 Å². The smallest absolute Gasteiger partial charge is 0.155 e. The molecule has 1 aromatic carbocycles. The van der Waals surface area contributed by atoms with E-state index in [0.29, 0.717) is 37.2 Å². The van der Waals surface area contributed by atoms with Gasteiger partial charge in [0.15, 0.2) is 9.84 Å². The van der Waals surface area contributed by atoms with Gasteiger partial charge in [0.05, 0.1) is 10.5 Å². The van der Waals surface area contributed by atoms with E-state index in [9.17, 15) is 13.2 Å². The molecule has 0 heterocycles. The average molecular weight is 423 g/mol. The van der Waals surface area contributed by atoms with Crippen LogP contribution in [0.5, 0.6) is 5.75 Å². The van der Waals surface area contributed by atoms with Crippen LogP contribution >= 0.6 is 0 Å². The number of hydrogen-bond acceptors (Lipinski definition) is 4. The first-order valence-electron chi connectivity index (χ1n) is 11.0. The number of Topliss-reactive ketones (excluding diaryl/α,β-unsaturated/α-hetero) is 1. The van der Waals surface area contributed by atoms with Gasteiger partial charge in [-0.1, -0.05) is 32.4 Å². The van der Waals surface area contributed by atoms with Gasteiger partial charge < -0.3 is 4.74 Å². The van der Waals surface area contributed by atoms with Crippen LogP contribution in [-0.4, -0.2) is 30.8 Å². The van der Waals surface area contributed by atoms with E-state index < -0.39 is 14.6 Å². The predicted molar refractivity (Wildman–Crippen MR) is 119 cm³/mol. The number of unbranched alkanes of at least 4 members (excludes halogenated alkanes) is 2. The Hall–Kier alpha value is -1.36. The van der Waals surface area contributed by atoms with E-state index in [-0.39, 0.29) is 11.5 Å². The van der Waals surface area contributed by atoms with Crippen molar-refractivity contribution in [3.63, 3.8) is 0 Å². The maximum Gasteiger partial charge on any atom is 0.155 e. The van der Waals surface area contributed by atoms with Gasteiger partial charge in [0.25, 0.3) is 0 Å². The molecule has 5 heteroatoms. The second-order valence-electron chi connectivity index (χ2n) is 9.67. The van der Waals surface area contributed by atoms with Crippen molar-refractivity contribution in [3.05, 3.63) is 29.8 Å². The zero-order valence-electron chi connectivity index (χ0n) is 18.7. The van der Waals surface area contributed by atoms with Gasteiger partial charge in [-0.05, 0) is 76.0 Å². The molecule has 1 aliphatic rings. The van der Waals surface area contributed by atoms with Gasteiger partial charge in [0.1, 0.15) is 17.6 Å². The van der Waals surface area contributed by atoms with E-state index in [1.807, 2.05) is 24.3 Å². The maximum absolute atomic E-state index is 12.2. The largest absolute Gasteiger partial charge is 0.490 e. The van der Waals surface area contributed by atoms with E-state index in [0.717, 1.165) is 30.6 Å². The van der Waals surface area contributed by atoms with Gasteiger partial charge in [0.2, 0.25) is 0 Å². The minimum atomic E-state index is -3.06. The Bertz CT molecular complexity index is 759. The third-order valence-corrected chi connectivity index (χ3v) is 9.00. The Kier molecular flexibility index (Phi) is 8.33. The second-order valence-corrected chi connectivity index (χ2v) is 12.5. The first kappa shape index (κ1) is 23.9. The number of sulfone groups is 1. The van der Waals surface area contributed by atoms with Crippen LogP contribution in [0.25, 0.3) is 0 Å². The zero-order valence-corrected chi connectivity index (χ0v) is 19.6. The number of hydrogen-bond donors (Lipinski definition) is 0. The van der Waals surface area contributed by atoms with E-state index in [4.69, 9.17) is 4.74 Å². The lowest BCUT2D eigenvalue weighted by Gasteiger charge is -2.20. The van der Waals surface area contributed by atoms with Crippen LogP contribution in [0.3, 0.4) is 0 Å². The number of carbonyl (C=O) groups is 1. The molecule has 164 valence electrons. The molecule has 1 fully saturated rings. The zero-order chi connectivity index (χ0) is 21.7. The number of carbonyl (C=O) groups excluding carboxylic acids is 1. The summed E-state index contributed by atoms with van der Waals surface area (Å²) in [5.41, 5.74) is 1.01. The van der Waals surface area contributed by atoms with Gasteiger partial charge in [-0.2, -0.15) is 0 Å². The van der Waals surface area contributed by atoms with Crippen LogP contribution in [0.15, 0.2) is 24.3 Å². The lowest BCUT2D eigenvalue weighted by molar-refractivity contribution is -0.118. The third kappa shape index (κ3) is 7.13. The molecule has 1 aromatic rings. The molecule has 0 aromatic heterocycles. The molecule has 3 atom stereocenters. The fourth-order valence-corrected chi connectivity index (χ4v) is 4.96. The summed E-state index contributed by atoms with van der Waals surface area (Å²) in [4.78, 5) is 12.2. The highest BCUT2D eigenvalue weighted by Crippen LogP contribution is 2.34. The summed E-state index contributed by atoms with van der Waals surface area (Å²) in [6.07, 6.45) is 5.70. The summed E-state index contributed by atoms with van der Waals surface area (Å²) >= 11 is 0. The van der Waals surface area contributed by atoms with Crippen LogP contribution in [0.1, 0.15) is 78.7 Å². The normalized spacial score (nSPS) is 22.6. The fourth-order valence-electron chi connectivity index (χ4n) is 3.76. The van der Waals surface area contributed by atoms with Crippen molar-refractivity contribution in [2.75, 3.05) is 5.75 Å². The van der Waals surface area contributed by atoms with Gasteiger partial charge in [-0.25, -0.2) is 8.42 Å². The molecule has 1 saturated carbocycles. The molecule has 0 saturated heterocycles. The summed E-state index contributed by atoms with van der Waals surface area (Å²) in [7, 11) is -3.06. The highest BCUT2D eigenvalue weighted by molar-refractivity contribution is 7.92. The van der Waals surface area contributed by atoms with Crippen molar-refractivity contribution in [1.29, 1.82) is 0 Å². The third-order valence-electron chi connectivity index (χ3n) is 6.30. The SMILES string of the molecule is CC1CCC(Oc2ccc(CC(=O)CCCCCS(=O)(=O)C(C)(C)C)cc2)C1C. The Labute approximate surface area is 177 Å². The molecule has 0 spiro atoms. The van der Waals surface area contributed by atoms with Crippen molar-refractivity contribution >= 4 is 15.6 Å². The van der Waals surface area contributed by atoms with Crippen molar-refractivity contribution in [2.24, 2.45) is 11.8 Å². The van der Waals surface area contributed by atoms with E-state index in [1.54, 1.807) is 20.8 Å². The van der Waals surface area contributed by atoms with Gasteiger partial charge in [0, 0.05) is 12.8 Å². The number of benzene rings is 1. The molecule has 29 heavy (non-hydrogen) atoms. The van der Waals surface area contributed by atoms with Gasteiger partial charge >= 0.3 is 0 Å². The molecular formula is C24H38O4S. The van der Waals surface area contributed by atoms with E-state index in [1.165, 1.54) is 6.42 Å². The second kappa shape index (κ2) is 10.1. The Balaban J connectivity index is 1.69. The minimum absolute atomic E-state index is 0.199. The van der Waals surface area contributed by atoms with Crippen LogP contribution in [-0.2, 0) is 21.1 Å². The molecule has 1 aliphatic carbocycles. The number of rotatable bonds is 10. The molecule has 3 unspecified atom stereocenters. The summed E-state index contributed by atoms with van der Waals surface area (Å²) in [5.74, 6) is 2.58. The van der Waals surface area contributed by atoms with E-state index in [2.05, 4.69) is 13.8 Å². The quantitative estimate of drug-likeness (QED) is 0.475. The molecule has 2 rings (SSSR count). The predicted octanol–water partition coefficient (Wildman–Crippen LogP) is 5.39.